The van der Waals surface area contributed by atoms with E-state index in [0.29, 0.717) is 5.92 Å². The maximum absolute atomic E-state index is 9.45. The first-order valence-corrected chi connectivity index (χ1v) is 5.35. The molecule has 0 aliphatic carbocycles. The molecule has 0 bridgehead atoms. The summed E-state index contributed by atoms with van der Waals surface area (Å²) in [7, 11) is 0. The van der Waals surface area contributed by atoms with Crippen LogP contribution in [0, 0.1) is 5.92 Å². The molecule has 0 heterocycles. The molecule has 2 nitrogen and oxygen atoms in total. The predicted octanol–water partition coefficient (Wildman–Crippen LogP) is 3.42. The maximum atomic E-state index is 9.45. The first-order chi connectivity index (χ1) is 6.83. The lowest BCUT2D eigenvalue weighted by Gasteiger charge is -2.27. The lowest BCUT2D eigenvalue weighted by molar-refractivity contribution is 0.385. The van der Waals surface area contributed by atoms with Crippen LogP contribution in [0.3, 0.4) is 0 Å². The van der Waals surface area contributed by atoms with Crippen LogP contribution < -0.4 is 0 Å². The molecule has 0 aliphatic heterocycles. The topological polar surface area (TPSA) is 40.5 Å². The zero-order valence-electron chi connectivity index (χ0n) is 9.91. The van der Waals surface area contributed by atoms with Gasteiger partial charge in [0.1, 0.15) is 0 Å². The molecule has 2 heteroatoms. The van der Waals surface area contributed by atoms with E-state index in [1.807, 2.05) is 6.07 Å². The summed E-state index contributed by atoms with van der Waals surface area (Å²) in [5.74, 6) is 0.513. The van der Waals surface area contributed by atoms with Gasteiger partial charge in [-0.1, -0.05) is 33.8 Å². The highest BCUT2D eigenvalue weighted by atomic mass is 16.3. The highest BCUT2D eigenvalue weighted by Gasteiger charge is 2.22. The van der Waals surface area contributed by atoms with Gasteiger partial charge in [-0.15, -0.1) is 0 Å². The highest BCUT2D eigenvalue weighted by Crippen LogP contribution is 2.35. The Labute approximate surface area is 91.6 Å². The first kappa shape index (κ1) is 11.9. The van der Waals surface area contributed by atoms with E-state index in [1.54, 1.807) is 12.1 Å². The second kappa shape index (κ2) is 4.13. The summed E-state index contributed by atoms with van der Waals surface area (Å²) < 4.78 is 0. The molecule has 0 aliphatic rings. The molecule has 15 heavy (non-hydrogen) atoms. The number of phenols is 2. The van der Waals surface area contributed by atoms with Crippen molar-refractivity contribution in [1.82, 2.24) is 0 Å². The fourth-order valence-electron chi connectivity index (χ4n) is 2.08. The summed E-state index contributed by atoms with van der Waals surface area (Å²) in [4.78, 5) is 0. The summed E-state index contributed by atoms with van der Waals surface area (Å²) in [5.41, 5.74) is 1.09. The summed E-state index contributed by atoms with van der Waals surface area (Å²) in [6.45, 7) is 8.67. The molecule has 0 unspecified atom stereocenters. The molecule has 0 saturated heterocycles. The number of hydrogen-bond acceptors (Lipinski definition) is 2. The zero-order valence-corrected chi connectivity index (χ0v) is 9.91. The Bertz CT molecular complexity index is 340. The summed E-state index contributed by atoms with van der Waals surface area (Å²) >= 11 is 0. The molecule has 0 radical (unpaired) electrons. The van der Waals surface area contributed by atoms with Crippen molar-refractivity contribution in [3.63, 3.8) is 0 Å². The van der Waals surface area contributed by atoms with Gasteiger partial charge in [-0.05, 0) is 35.4 Å². The van der Waals surface area contributed by atoms with Gasteiger partial charge in [0, 0.05) is 0 Å². The SMILES string of the molecule is CC(C)CC(C)(C)c1ccc(O)c(O)c1. The van der Waals surface area contributed by atoms with Crippen LogP contribution >= 0.6 is 0 Å². The number of rotatable bonds is 3. The van der Waals surface area contributed by atoms with Crippen LogP contribution in [0.1, 0.15) is 39.7 Å². The minimum Gasteiger partial charge on any atom is -0.504 e. The molecule has 0 spiro atoms. The molecule has 1 aromatic carbocycles. The lowest BCUT2D eigenvalue weighted by Crippen LogP contribution is -2.19. The van der Waals surface area contributed by atoms with Crippen molar-refractivity contribution in [2.75, 3.05) is 0 Å². The van der Waals surface area contributed by atoms with E-state index in [2.05, 4.69) is 27.7 Å². The zero-order chi connectivity index (χ0) is 11.6. The number of hydrogen-bond donors (Lipinski definition) is 2. The third-order valence-electron chi connectivity index (χ3n) is 2.68. The van der Waals surface area contributed by atoms with Crippen molar-refractivity contribution in [3.05, 3.63) is 23.8 Å². The van der Waals surface area contributed by atoms with Crippen molar-refractivity contribution >= 4 is 0 Å². The Kier molecular flexibility index (Phi) is 3.28. The van der Waals surface area contributed by atoms with E-state index < -0.39 is 0 Å². The largest absolute Gasteiger partial charge is 0.504 e. The summed E-state index contributed by atoms with van der Waals surface area (Å²) in [6.07, 6.45) is 1.05. The van der Waals surface area contributed by atoms with E-state index in [-0.39, 0.29) is 16.9 Å². The van der Waals surface area contributed by atoms with E-state index in [0.717, 1.165) is 12.0 Å². The highest BCUT2D eigenvalue weighted by molar-refractivity contribution is 5.42. The maximum Gasteiger partial charge on any atom is 0.157 e. The van der Waals surface area contributed by atoms with Gasteiger partial charge < -0.3 is 10.2 Å². The van der Waals surface area contributed by atoms with Crippen molar-refractivity contribution in [2.45, 2.75) is 39.5 Å². The molecule has 1 aromatic rings. The lowest BCUT2D eigenvalue weighted by atomic mass is 9.78. The van der Waals surface area contributed by atoms with Crippen LogP contribution in [0.25, 0.3) is 0 Å². The minimum atomic E-state index is -0.0564. The Morgan fingerprint density at radius 1 is 1.13 bits per heavy atom. The average Bonchev–Trinajstić information content (AvgIpc) is 2.07. The molecule has 2 N–H and O–H groups in total. The fourth-order valence-corrected chi connectivity index (χ4v) is 2.08. The Morgan fingerprint density at radius 3 is 2.20 bits per heavy atom. The van der Waals surface area contributed by atoms with Gasteiger partial charge >= 0.3 is 0 Å². The Balaban J connectivity index is 2.99. The van der Waals surface area contributed by atoms with Crippen LogP contribution in [0.2, 0.25) is 0 Å². The molecule has 0 amide bonds. The van der Waals surface area contributed by atoms with Crippen molar-refractivity contribution in [3.8, 4) is 11.5 Å². The molecule has 0 aromatic heterocycles. The van der Waals surface area contributed by atoms with Gasteiger partial charge in [-0.2, -0.15) is 0 Å². The van der Waals surface area contributed by atoms with Crippen LogP contribution in [0.5, 0.6) is 11.5 Å². The van der Waals surface area contributed by atoms with Crippen LogP contribution in [-0.2, 0) is 5.41 Å². The van der Waals surface area contributed by atoms with Gasteiger partial charge in [0.25, 0.3) is 0 Å². The summed E-state index contributed by atoms with van der Waals surface area (Å²) in [6, 6.07) is 5.07. The van der Waals surface area contributed by atoms with Gasteiger partial charge in [0.15, 0.2) is 11.5 Å². The van der Waals surface area contributed by atoms with Crippen LogP contribution in [0.4, 0.5) is 0 Å². The third-order valence-corrected chi connectivity index (χ3v) is 2.68. The second-order valence-corrected chi connectivity index (χ2v) is 5.19. The van der Waals surface area contributed by atoms with Crippen molar-refractivity contribution in [2.24, 2.45) is 5.92 Å². The number of phenolic OH excluding ortho intramolecular Hbond substituents is 2. The summed E-state index contributed by atoms with van der Waals surface area (Å²) in [5, 5.41) is 18.7. The van der Waals surface area contributed by atoms with Crippen LogP contribution in [0.15, 0.2) is 18.2 Å². The van der Waals surface area contributed by atoms with Crippen molar-refractivity contribution < 1.29 is 10.2 Å². The smallest absolute Gasteiger partial charge is 0.157 e. The molecular weight excluding hydrogens is 188 g/mol. The molecule has 0 fully saturated rings. The number of aromatic hydroxyl groups is 2. The Hall–Kier alpha value is -1.18. The van der Waals surface area contributed by atoms with E-state index in [9.17, 15) is 10.2 Å². The molecule has 0 saturated carbocycles. The van der Waals surface area contributed by atoms with E-state index in [1.165, 1.54) is 0 Å². The fraction of sp³-hybridized carbons (Fsp3) is 0.538. The minimum absolute atomic E-state index is 0.0271. The average molecular weight is 208 g/mol. The van der Waals surface area contributed by atoms with Gasteiger partial charge in [-0.25, -0.2) is 0 Å². The number of benzene rings is 1. The third kappa shape index (κ3) is 2.88. The second-order valence-electron chi connectivity index (χ2n) is 5.19. The monoisotopic (exact) mass is 208 g/mol. The standard InChI is InChI=1S/C13H20O2/c1-9(2)8-13(3,4)10-5-6-11(14)12(15)7-10/h5-7,9,14-15H,8H2,1-4H3. The molecule has 1 rings (SSSR count). The molecular formula is C13H20O2. The van der Waals surface area contributed by atoms with Crippen molar-refractivity contribution in [1.29, 1.82) is 0 Å². The molecule has 0 atom stereocenters. The van der Waals surface area contributed by atoms with Crippen LogP contribution in [-0.4, -0.2) is 10.2 Å². The normalized spacial score (nSPS) is 12.1. The Morgan fingerprint density at radius 2 is 1.73 bits per heavy atom. The van der Waals surface area contributed by atoms with E-state index in [4.69, 9.17) is 0 Å². The molecule has 84 valence electrons. The van der Waals surface area contributed by atoms with Gasteiger partial charge in [0.2, 0.25) is 0 Å². The van der Waals surface area contributed by atoms with E-state index >= 15 is 0 Å². The van der Waals surface area contributed by atoms with Gasteiger partial charge in [-0.3, -0.25) is 0 Å². The van der Waals surface area contributed by atoms with Gasteiger partial charge in [0.05, 0.1) is 0 Å². The first-order valence-electron chi connectivity index (χ1n) is 5.35. The predicted molar refractivity (Wildman–Crippen MR) is 62.3 cm³/mol. The quantitative estimate of drug-likeness (QED) is 0.747.